The molecule has 2 aromatic rings. The molecule has 0 unspecified atom stereocenters. The smallest absolute Gasteiger partial charge is 0.244 e. The van der Waals surface area contributed by atoms with E-state index in [0.29, 0.717) is 5.56 Å². The average molecular weight is 298 g/mol. The minimum absolute atomic E-state index is 0.0337. The zero-order valence-corrected chi connectivity index (χ0v) is 12.5. The van der Waals surface area contributed by atoms with E-state index in [9.17, 15) is 15.0 Å². The van der Waals surface area contributed by atoms with E-state index < -0.39 is 0 Å². The van der Waals surface area contributed by atoms with Crippen LogP contribution in [0.4, 0.5) is 0 Å². The molecule has 0 saturated heterocycles. The van der Waals surface area contributed by atoms with Gasteiger partial charge in [0.25, 0.3) is 0 Å². The van der Waals surface area contributed by atoms with Gasteiger partial charge in [-0.3, -0.25) is 4.79 Å². The number of hydrogen-bond acceptors (Lipinski definition) is 4. The average Bonchev–Trinajstić information content (AvgIpc) is 2.45. The topological polar surface area (TPSA) is 81.9 Å². The molecular formula is C17H18N2O3. The first-order chi connectivity index (χ1) is 10.5. The fourth-order valence-corrected chi connectivity index (χ4v) is 2.02. The van der Waals surface area contributed by atoms with Crippen LogP contribution in [0.1, 0.15) is 22.3 Å². The van der Waals surface area contributed by atoms with Gasteiger partial charge in [0.1, 0.15) is 11.5 Å². The molecule has 22 heavy (non-hydrogen) atoms. The lowest BCUT2D eigenvalue weighted by atomic mass is 10.0. The molecule has 0 atom stereocenters. The van der Waals surface area contributed by atoms with E-state index in [4.69, 9.17) is 0 Å². The van der Waals surface area contributed by atoms with Crippen LogP contribution in [-0.2, 0) is 11.2 Å². The molecule has 0 fully saturated rings. The number of carbonyl (C=O) groups is 1. The highest BCUT2D eigenvalue weighted by atomic mass is 16.3. The second kappa shape index (κ2) is 6.76. The number of nitrogens with zero attached hydrogens (tertiary/aromatic N) is 1. The molecule has 5 heteroatoms. The van der Waals surface area contributed by atoms with Gasteiger partial charge in [0.15, 0.2) is 0 Å². The fraction of sp³-hybridized carbons (Fsp3) is 0.176. The third-order valence-electron chi connectivity index (χ3n) is 3.26. The van der Waals surface area contributed by atoms with Crippen molar-refractivity contribution in [1.82, 2.24) is 5.43 Å². The van der Waals surface area contributed by atoms with Crippen LogP contribution in [0.15, 0.2) is 41.5 Å². The van der Waals surface area contributed by atoms with Crippen LogP contribution in [0, 0.1) is 13.8 Å². The summed E-state index contributed by atoms with van der Waals surface area (Å²) in [4.78, 5) is 11.9. The van der Waals surface area contributed by atoms with E-state index in [1.54, 1.807) is 0 Å². The van der Waals surface area contributed by atoms with E-state index >= 15 is 0 Å². The van der Waals surface area contributed by atoms with Crippen molar-refractivity contribution in [2.45, 2.75) is 20.3 Å². The van der Waals surface area contributed by atoms with E-state index in [1.807, 2.05) is 32.0 Å². The van der Waals surface area contributed by atoms with Gasteiger partial charge in [-0.25, -0.2) is 5.43 Å². The van der Waals surface area contributed by atoms with Gasteiger partial charge in [-0.1, -0.05) is 23.8 Å². The first-order valence-electron chi connectivity index (χ1n) is 6.85. The Morgan fingerprint density at radius 2 is 1.95 bits per heavy atom. The van der Waals surface area contributed by atoms with Crippen molar-refractivity contribution in [2.24, 2.45) is 5.10 Å². The van der Waals surface area contributed by atoms with E-state index in [2.05, 4.69) is 10.5 Å². The van der Waals surface area contributed by atoms with Crippen LogP contribution in [0.25, 0.3) is 0 Å². The lowest BCUT2D eigenvalue weighted by Crippen LogP contribution is -2.20. The number of benzene rings is 2. The molecule has 114 valence electrons. The van der Waals surface area contributed by atoms with Gasteiger partial charge in [0, 0.05) is 11.6 Å². The number of rotatable bonds is 4. The summed E-state index contributed by atoms with van der Waals surface area (Å²) in [6, 6.07) is 10.1. The summed E-state index contributed by atoms with van der Waals surface area (Å²) in [5.74, 6) is -0.371. The number of amides is 1. The molecule has 3 N–H and O–H groups in total. The number of nitrogens with one attached hydrogen (secondary N) is 1. The standard InChI is InChI=1S/C17H18N2O3/c1-11-3-4-12(2)14(7-11)8-17(22)19-18-10-13-5-6-15(20)9-16(13)21/h3-7,9-10,20-21H,8H2,1-2H3,(H,19,22)/b18-10+. The Morgan fingerprint density at radius 1 is 1.18 bits per heavy atom. The monoisotopic (exact) mass is 298 g/mol. The first-order valence-corrected chi connectivity index (χ1v) is 6.85. The zero-order chi connectivity index (χ0) is 16.1. The van der Waals surface area contributed by atoms with Crippen molar-refractivity contribution >= 4 is 12.1 Å². The molecule has 2 aromatic carbocycles. The molecule has 0 spiro atoms. The summed E-state index contributed by atoms with van der Waals surface area (Å²) in [6.07, 6.45) is 1.57. The van der Waals surface area contributed by atoms with Gasteiger partial charge in [0.2, 0.25) is 5.91 Å². The molecule has 1 amide bonds. The van der Waals surface area contributed by atoms with Gasteiger partial charge in [-0.05, 0) is 37.1 Å². The number of carbonyl (C=O) groups excluding carboxylic acids is 1. The number of hydrazone groups is 1. The number of aromatic hydroxyl groups is 2. The van der Waals surface area contributed by atoms with Crippen molar-refractivity contribution in [3.05, 3.63) is 58.7 Å². The van der Waals surface area contributed by atoms with Crippen molar-refractivity contribution in [3.8, 4) is 11.5 Å². The molecule has 0 bridgehead atoms. The first kappa shape index (κ1) is 15.6. The van der Waals surface area contributed by atoms with Gasteiger partial charge >= 0.3 is 0 Å². The number of phenols is 2. The molecule has 0 aromatic heterocycles. The Bertz CT molecular complexity index is 724. The van der Waals surface area contributed by atoms with Crippen molar-refractivity contribution in [3.63, 3.8) is 0 Å². The summed E-state index contributed by atoms with van der Waals surface area (Å²) in [5.41, 5.74) is 5.95. The highest BCUT2D eigenvalue weighted by Crippen LogP contribution is 2.20. The molecule has 0 aliphatic heterocycles. The largest absolute Gasteiger partial charge is 0.508 e. The van der Waals surface area contributed by atoms with Crippen molar-refractivity contribution in [1.29, 1.82) is 0 Å². The van der Waals surface area contributed by atoms with Crippen molar-refractivity contribution in [2.75, 3.05) is 0 Å². The molecule has 2 rings (SSSR count). The maximum Gasteiger partial charge on any atom is 0.244 e. The quantitative estimate of drug-likeness (QED) is 0.599. The zero-order valence-electron chi connectivity index (χ0n) is 12.5. The van der Waals surface area contributed by atoms with Gasteiger partial charge in [0.05, 0.1) is 12.6 Å². The van der Waals surface area contributed by atoms with Crippen LogP contribution >= 0.6 is 0 Å². The normalized spacial score (nSPS) is 10.8. The third-order valence-corrected chi connectivity index (χ3v) is 3.26. The van der Waals surface area contributed by atoms with Crippen LogP contribution in [0.5, 0.6) is 11.5 Å². The maximum absolute atomic E-state index is 11.9. The third kappa shape index (κ3) is 4.09. The predicted molar refractivity (Wildman–Crippen MR) is 85.1 cm³/mol. The predicted octanol–water partition coefficient (Wildman–Crippen LogP) is 2.41. The molecule has 0 saturated carbocycles. The van der Waals surface area contributed by atoms with Crippen molar-refractivity contribution < 1.29 is 15.0 Å². The summed E-state index contributed by atoms with van der Waals surface area (Å²) < 4.78 is 0. The van der Waals surface area contributed by atoms with Crippen LogP contribution < -0.4 is 5.43 Å². The molecule has 0 heterocycles. The lowest BCUT2D eigenvalue weighted by molar-refractivity contribution is -0.120. The summed E-state index contributed by atoms with van der Waals surface area (Å²) >= 11 is 0. The van der Waals surface area contributed by atoms with Crippen LogP contribution in [0.2, 0.25) is 0 Å². The minimum atomic E-state index is -0.233. The fourth-order valence-electron chi connectivity index (χ4n) is 2.02. The second-order valence-corrected chi connectivity index (χ2v) is 5.14. The number of hydrogen-bond donors (Lipinski definition) is 3. The molecule has 5 nitrogen and oxygen atoms in total. The SMILES string of the molecule is Cc1ccc(C)c(CC(=O)N/N=C/c2ccc(O)cc2O)c1. The van der Waals surface area contributed by atoms with E-state index in [1.165, 1.54) is 24.4 Å². The summed E-state index contributed by atoms with van der Waals surface area (Å²) in [5, 5.41) is 22.6. The van der Waals surface area contributed by atoms with E-state index in [-0.39, 0.29) is 23.8 Å². The van der Waals surface area contributed by atoms with Gasteiger partial charge in [-0.15, -0.1) is 0 Å². The van der Waals surface area contributed by atoms with Gasteiger partial charge < -0.3 is 10.2 Å². The number of aryl methyl sites for hydroxylation is 2. The Labute approximate surface area is 128 Å². The van der Waals surface area contributed by atoms with Crippen LogP contribution in [-0.4, -0.2) is 22.3 Å². The summed E-state index contributed by atoms with van der Waals surface area (Å²) in [7, 11) is 0. The molecular weight excluding hydrogens is 280 g/mol. The summed E-state index contributed by atoms with van der Waals surface area (Å²) in [6.45, 7) is 3.94. The Kier molecular flexibility index (Phi) is 4.78. The molecule has 0 aliphatic rings. The lowest BCUT2D eigenvalue weighted by Gasteiger charge is -2.06. The molecule has 0 radical (unpaired) electrons. The van der Waals surface area contributed by atoms with Gasteiger partial charge in [-0.2, -0.15) is 5.10 Å². The van der Waals surface area contributed by atoms with Crippen LogP contribution in [0.3, 0.4) is 0 Å². The second-order valence-electron chi connectivity index (χ2n) is 5.14. The molecule has 0 aliphatic carbocycles. The Balaban J connectivity index is 1.98. The van der Waals surface area contributed by atoms with E-state index in [0.717, 1.165) is 16.7 Å². The number of phenolic OH excluding ortho intramolecular Hbond substituents is 2. The minimum Gasteiger partial charge on any atom is -0.508 e. The Morgan fingerprint density at radius 3 is 2.68 bits per heavy atom. The maximum atomic E-state index is 11.9. The highest BCUT2D eigenvalue weighted by Gasteiger charge is 2.05. The Hall–Kier alpha value is -2.82. The highest BCUT2D eigenvalue weighted by molar-refractivity contribution is 5.85.